The van der Waals surface area contributed by atoms with E-state index in [1.807, 2.05) is 30.3 Å². The Bertz CT molecular complexity index is 797. The summed E-state index contributed by atoms with van der Waals surface area (Å²) in [6.45, 7) is 0. The number of sulfone groups is 1. The number of nitrogens with zero attached hydrogens (tertiary/aromatic N) is 2. The number of amides is 1. The van der Waals surface area contributed by atoms with E-state index < -0.39 is 9.84 Å². The van der Waals surface area contributed by atoms with Crippen LogP contribution in [-0.2, 0) is 16.9 Å². The van der Waals surface area contributed by atoms with Gasteiger partial charge in [0.25, 0.3) is 5.91 Å². The molecule has 0 saturated carbocycles. The van der Waals surface area contributed by atoms with Gasteiger partial charge in [-0.3, -0.25) is 9.48 Å². The Kier molecular flexibility index (Phi) is 3.74. The zero-order valence-corrected chi connectivity index (χ0v) is 13.0. The molecule has 6 nitrogen and oxygen atoms in total. The summed E-state index contributed by atoms with van der Waals surface area (Å²) in [6.07, 6.45) is 0.465. The van der Waals surface area contributed by atoms with Crippen LogP contribution in [0.15, 0.2) is 36.4 Å². The second-order valence-corrected chi connectivity index (χ2v) is 7.71. The van der Waals surface area contributed by atoms with Crippen molar-refractivity contribution in [1.29, 1.82) is 0 Å². The van der Waals surface area contributed by atoms with E-state index in [1.165, 1.54) is 0 Å². The molecule has 2 heterocycles. The quantitative estimate of drug-likeness (QED) is 0.915. The average molecular weight is 319 g/mol. The molecule has 0 bridgehead atoms. The Labute approximate surface area is 129 Å². The molecule has 1 amide bonds. The monoisotopic (exact) mass is 319 g/mol. The lowest BCUT2D eigenvalue weighted by molar-refractivity contribution is 0.0935. The van der Waals surface area contributed by atoms with Gasteiger partial charge in [0.2, 0.25) is 0 Å². The average Bonchev–Trinajstić information content (AvgIpc) is 3.02. The van der Waals surface area contributed by atoms with Crippen LogP contribution < -0.4 is 5.32 Å². The highest BCUT2D eigenvalue weighted by Gasteiger charge is 2.29. The molecule has 1 saturated heterocycles. The minimum absolute atomic E-state index is 0.0110. The van der Waals surface area contributed by atoms with Gasteiger partial charge in [-0.2, -0.15) is 5.10 Å². The Morgan fingerprint density at radius 2 is 2.05 bits per heavy atom. The van der Waals surface area contributed by atoms with E-state index in [2.05, 4.69) is 10.4 Å². The number of hydrogen-bond donors (Lipinski definition) is 1. The summed E-state index contributed by atoms with van der Waals surface area (Å²) >= 11 is 0. The van der Waals surface area contributed by atoms with Gasteiger partial charge in [0.05, 0.1) is 17.2 Å². The molecule has 2 aromatic rings. The van der Waals surface area contributed by atoms with Crippen molar-refractivity contribution in [1.82, 2.24) is 15.1 Å². The summed E-state index contributed by atoms with van der Waals surface area (Å²) in [4.78, 5) is 12.2. The third-order valence-corrected chi connectivity index (χ3v) is 5.52. The fourth-order valence-electron chi connectivity index (χ4n) is 2.63. The number of hydrogen-bond acceptors (Lipinski definition) is 4. The van der Waals surface area contributed by atoms with Crippen molar-refractivity contribution in [2.24, 2.45) is 7.05 Å². The summed E-state index contributed by atoms with van der Waals surface area (Å²) in [5.74, 6) is -0.188. The van der Waals surface area contributed by atoms with Crippen molar-refractivity contribution in [2.75, 3.05) is 11.5 Å². The zero-order valence-electron chi connectivity index (χ0n) is 12.2. The molecule has 7 heteroatoms. The van der Waals surface area contributed by atoms with Gasteiger partial charge < -0.3 is 5.32 Å². The maximum atomic E-state index is 12.2. The van der Waals surface area contributed by atoms with Gasteiger partial charge in [0, 0.05) is 13.1 Å². The fourth-order valence-corrected chi connectivity index (χ4v) is 4.30. The minimum Gasteiger partial charge on any atom is -0.347 e. The van der Waals surface area contributed by atoms with Crippen molar-refractivity contribution in [3.8, 4) is 11.3 Å². The Hall–Kier alpha value is -2.15. The van der Waals surface area contributed by atoms with Crippen molar-refractivity contribution < 1.29 is 13.2 Å². The molecule has 0 spiro atoms. The lowest BCUT2D eigenvalue weighted by Crippen LogP contribution is -2.35. The molecule has 3 rings (SSSR count). The zero-order chi connectivity index (χ0) is 15.7. The van der Waals surface area contributed by atoms with E-state index in [9.17, 15) is 13.2 Å². The maximum Gasteiger partial charge on any atom is 0.272 e. The molecule has 22 heavy (non-hydrogen) atoms. The van der Waals surface area contributed by atoms with Gasteiger partial charge in [0.15, 0.2) is 15.5 Å². The number of rotatable bonds is 3. The van der Waals surface area contributed by atoms with Crippen LogP contribution in [0.2, 0.25) is 0 Å². The van der Waals surface area contributed by atoms with E-state index in [1.54, 1.807) is 17.8 Å². The standard InChI is InChI=1S/C15H17N3O3S/c1-18-14(11-5-3-2-4-6-11)9-13(17-18)15(19)16-12-7-8-22(20,21)10-12/h2-6,9,12H,7-8,10H2,1H3,(H,16,19). The summed E-state index contributed by atoms with van der Waals surface area (Å²) in [6, 6.07) is 11.1. The van der Waals surface area contributed by atoms with Gasteiger partial charge in [-0.05, 0) is 18.1 Å². The third kappa shape index (κ3) is 3.04. The number of aryl methyl sites for hydroxylation is 1. The number of aromatic nitrogens is 2. The smallest absolute Gasteiger partial charge is 0.272 e. The highest BCUT2D eigenvalue weighted by molar-refractivity contribution is 7.91. The van der Waals surface area contributed by atoms with E-state index >= 15 is 0 Å². The molecule has 1 unspecified atom stereocenters. The molecule has 0 radical (unpaired) electrons. The van der Waals surface area contributed by atoms with Crippen LogP contribution in [0.25, 0.3) is 11.3 Å². The Balaban J connectivity index is 1.77. The van der Waals surface area contributed by atoms with Crippen LogP contribution in [0.4, 0.5) is 0 Å². The topological polar surface area (TPSA) is 81.1 Å². The highest BCUT2D eigenvalue weighted by atomic mass is 32.2. The first-order valence-corrected chi connectivity index (χ1v) is 8.87. The van der Waals surface area contributed by atoms with E-state index in [-0.39, 0.29) is 23.5 Å². The Morgan fingerprint density at radius 3 is 2.68 bits per heavy atom. The molecule has 1 aliphatic heterocycles. The molecule has 1 fully saturated rings. The molecule has 1 aliphatic rings. The molecule has 1 atom stereocenters. The second kappa shape index (κ2) is 5.57. The summed E-state index contributed by atoms with van der Waals surface area (Å²) in [7, 11) is -1.23. The molecule has 1 aromatic heterocycles. The first kappa shape index (κ1) is 14.8. The molecule has 1 aromatic carbocycles. The maximum absolute atomic E-state index is 12.2. The van der Waals surface area contributed by atoms with Crippen LogP contribution in [0.3, 0.4) is 0 Å². The first-order chi connectivity index (χ1) is 10.4. The predicted molar refractivity (Wildman–Crippen MR) is 83.2 cm³/mol. The largest absolute Gasteiger partial charge is 0.347 e. The number of benzene rings is 1. The number of carbonyl (C=O) groups is 1. The molecule has 116 valence electrons. The normalized spacial score (nSPS) is 20.0. The fraction of sp³-hybridized carbons (Fsp3) is 0.333. The van der Waals surface area contributed by atoms with Crippen LogP contribution in [0.1, 0.15) is 16.9 Å². The van der Waals surface area contributed by atoms with Crippen molar-refractivity contribution >= 4 is 15.7 Å². The van der Waals surface area contributed by atoms with Crippen LogP contribution in [0, 0.1) is 0 Å². The molecule has 0 aliphatic carbocycles. The molecular formula is C15H17N3O3S. The van der Waals surface area contributed by atoms with Gasteiger partial charge in [0.1, 0.15) is 0 Å². The number of nitrogens with one attached hydrogen (secondary N) is 1. The van der Waals surface area contributed by atoms with E-state index in [0.29, 0.717) is 12.1 Å². The lowest BCUT2D eigenvalue weighted by atomic mass is 10.1. The predicted octanol–water partition coefficient (Wildman–Crippen LogP) is 1.00. The van der Waals surface area contributed by atoms with E-state index in [0.717, 1.165) is 11.3 Å². The van der Waals surface area contributed by atoms with Gasteiger partial charge in [-0.1, -0.05) is 30.3 Å². The third-order valence-electron chi connectivity index (χ3n) is 3.75. The van der Waals surface area contributed by atoms with Crippen LogP contribution in [0.5, 0.6) is 0 Å². The molecular weight excluding hydrogens is 302 g/mol. The first-order valence-electron chi connectivity index (χ1n) is 7.05. The number of carbonyl (C=O) groups excluding carboxylic acids is 1. The lowest BCUT2D eigenvalue weighted by Gasteiger charge is -2.08. The second-order valence-electron chi connectivity index (χ2n) is 5.48. The van der Waals surface area contributed by atoms with E-state index in [4.69, 9.17) is 0 Å². The van der Waals surface area contributed by atoms with Gasteiger partial charge in [-0.15, -0.1) is 0 Å². The van der Waals surface area contributed by atoms with Crippen molar-refractivity contribution in [3.63, 3.8) is 0 Å². The van der Waals surface area contributed by atoms with Gasteiger partial charge >= 0.3 is 0 Å². The SMILES string of the molecule is Cn1nc(C(=O)NC2CCS(=O)(=O)C2)cc1-c1ccccc1. The highest BCUT2D eigenvalue weighted by Crippen LogP contribution is 2.19. The molecule has 1 N–H and O–H groups in total. The van der Waals surface area contributed by atoms with Crippen LogP contribution >= 0.6 is 0 Å². The van der Waals surface area contributed by atoms with Crippen molar-refractivity contribution in [3.05, 3.63) is 42.1 Å². The summed E-state index contributed by atoms with van der Waals surface area (Å²) in [5, 5.41) is 6.97. The summed E-state index contributed by atoms with van der Waals surface area (Å²) < 4.78 is 24.5. The Morgan fingerprint density at radius 1 is 1.32 bits per heavy atom. The minimum atomic E-state index is -3.01. The summed E-state index contributed by atoms with van der Waals surface area (Å²) in [5.41, 5.74) is 2.11. The van der Waals surface area contributed by atoms with Gasteiger partial charge in [-0.25, -0.2) is 8.42 Å². The van der Waals surface area contributed by atoms with Crippen molar-refractivity contribution in [2.45, 2.75) is 12.5 Å². The van der Waals surface area contributed by atoms with Crippen LogP contribution in [-0.4, -0.2) is 41.7 Å².